The van der Waals surface area contributed by atoms with Crippen LogP contribution in [0.15, 0.2) is 28.7 Å². The van der Waals surface area contributed by atoms with Crippen LogP contribution in [0.3, 0.4) is 0 Å². The molecule has 1 N–H and O–H groups in total. The maximum atomic E-state index is 11.8. The maximum Gasteiger partial charge on any atom is 0.307 e. The van der Waals surface area contributed by atoms with Crippen LogP contribution in [0.2, 0.25) is 0 Å². The van der Waals surface area contributed by atoms with Crippen LogP contribution in [0, 0.1) is 5.92 Å². The Bertz CT molecular complexity index is 761. The van der Waals surface area contributed by atoms with E-state index < -0.39 is 11.9 Å². The van der Waals surface area contributed by atoms with Crippen LogP contribution in [0.1, 0.15) is 41.9 Å². The van der Waals surface area contributed by atoms with Crippen LogP contribution in [0.4, 0.5) is 0 Å². The number of rotatable bonds is 3. The number of carbonyl (C=O) groups is 1. The van der Waals surface area contributed by atoms with Gasteiger partial charge < -0.3 is 19.0 Å². The summed E-state index contributed by atoms with van der Waals surface area (Å²) >= 11 is 0. The summed E-state index contributed by atoms with van der Waals surface area (Å²) in [7, 11) is 0. The molecule has 0 saturated carbocycles. The van der Waals surface area contributed by atoms with Crippen LogP contribution in [0.5, 0.6) is 11.5 Å². The fraction of sp³-hybridized carbons (Fsp3) is 0.389. The predicted molar refractivity (Wildman–Crippen MR) is 81.9 cm³/mol. The quantitative estimate of drug-likeness (QED) is 0.941. The van der Waals surface area contributed by atoms with Crippen molar-refractivity contribution < 1.29 is 23.8 Å². The Morgan fingerprint density at radius 3 is 2.74 bits per heavy atom. The third-order valence-corrected chi connectivity index (χ3v) is 4.75. The lowest BCUT2D eigenvalue weighted by Crippen LogP contribution is -2.28. The molecular weight excluding hydrogens is 296 g/mol. The average Bonchev–Trinajstić information content (AvgIpc) is 3.19. The SMILES string of the molecule is CCc1ccc([C@H]2c3cc4c(cc3CC[C@@H]2C(=O)O)OCO4)o1. The first-order valence-electron chi connectivity index (χ1n) is 7.91. The fourth-order valence-corrected chi connectivity index (χ4v) is 3.57. The van der Waals surface area contributed by atoms with Crippen molar-refractivity contribution in [2.75, 3.05) is 6.79 Å². The third-order valence-electron chi connectivity index (χ3n) is 4.75. The summed E-state index contributed by atoms with van der Waals surface area (Å²) in [6.07, 6.45) is 2.11. The van der Waals surface area contributed by atoms with E-state index in [0.29, 0.717) is 17.9 Å². The van der Waals surface area contributed by atoms with Gasteiger partial charge >= 0.3 is 5.97 Å². The van der Waals surface area contributed by atoms with Crippen molar-refractivity contribution >= 4 is 5.97 Å². The van der Waals surface area contributed by atoms with Gasteiger partial charge in [0.25, 0.3) is 0 Å². The highest BCUT2D eigenvalue weighted by molar-refractivity contribution is 5.73. The molecule has 1 aromatic carbocycles. The summed E-state index contributed by atoms with van der Waals surface area (Å²) in [6.45, 7) is 2.23. The van der Waals surface area contributed by atoms with Crippen LogP contribution >= 0.6 is 0 Å². The second kappa shape index (κ2) is 5.33. The zero-order valence-electron chi connectivity index (χ0n) is 12.9. The van der Waals surface area contributed by atoms with Gasteiger partial charge in [0.2, 0.25) is 6.79 Å². The first-order valence-corrected chi connectivity index (χ1v) is 7.91. The Balaban J connectivity index is 1.84. The molecule has 23 heavy (non-hydrogen) atoms. The summed E-state index contributed by atoms with van der Waals surface area (Å²) in [5.41, 5.74) is 2.09. The molecule has 0 radical (unpaired) electrons. The van der Waals surface area contributed by atoms with Crippen molar-refractivity contribution in [3.8, 4) is 11.5 Å². The number of aryl methyl sites for hydroxylation is 2. The van der Waals surface area contributed by atoms with Gasteiger partial charge in [-0.1, -0.05) is 6.92 Å². The highest BCUT2D eigenvalue weighted by Crippen LogP contribution is 2.46. The second-order valence-corrected chi connectivity index (χ2v) is 6.02. The third kappa shape index (κ3) is 2.27. The van der Waals surface area contributed by atoms with Crippen molar-refractivity contribution in [1.29, 1.82) is 0 Å². The van der Waals surface area contributed by atoms with E-state index in [2.05, 4.69) is 0 Å². The molecule has 2 aromatic rings. The Labute approximate surface area is 133 Å². The van der Waals surface area contributed by atoms with E-state index in [0.717, 1.165) is 35.5 Å². The number of fused-ring (bicyclic) bond motifs is 2. The summed E-state index contributed by atoms with van der Waals surface area (Å²) in [6, 6.07) is 7.73. The van der Waals surface area contributed by atoms with Gasteiger partial charge in [-0.05, 0) is 48.2 Å². The highest BCUT2D eigenvalue weighted by Gasteiger charge is 2.38. The lowest BCUT2D eigenvalue weighted by atomic mass is 9.73. The lowest BCUT2D eigenvalue weighted by Gasteiger charge is -2.30. The van der Waals surface area contributed by atoms with E-state index in [1.54, 1.807) is 0 Å². The van der Waals surface area contributed by atoms with Crippen LogP contribution in [-0.4, -0.2) is 17.9 Å². The first-order chi connectivity index (χ1) is 11.2. The number of hydrogen-bond acceptors (Lipinski definition) is 4. The van der Waals surface area contributed by atoms with Gasteiger partial charge in [-0.25, -0.2) is 0 Å². The van der Waals surface area contributed by atoms with Gasteiger partial charge in [0.15, 0.2) is 11.5 Å². The van der Waals surface area contributed by atoms with E-state index in [4.69, 9.17) is 13.9 Å². The van der Waals surface area contributed by atoms with E-state index in [9.17, 15) is 9.90 Å². The Morgan fingerprint density at radius 2 is 2.04 bits per heavy atom. The van der Waals surface area contributed by atoms with Crippen LogP contribution in [-0.2, 0) is 17.6 Å². The highest BCUT2D eigenvalue weighted by atomic mass is 16.7. The zero-order valence-corrected chi connectivity index (χ0v) is 12.9. The molecule has 0 unspecified atom stereocenters. The van der Waals surface area contributed by atoms with Crippen molar-refractivity contribution in [1.82, 2.24) is 0 Å². The minimum Gasteiger partial charge on any atom is -0.481 e. The van der Waals surface area contributed by atoms with Gasteiger partial charge in [-0.15, -0.1) is 0 Å². The largest absolute Gasteiger partial charge is 0.481 e. The first kappa shape index (κ1) is 14.2. The molecule has 0 spiro atoms. The molecule has 1 aliphatic heterocycles. The molecule has 2 atom stereocenters. The van der Waals surface area contributed by atoms with Crippen molar-refractivity contribution in [2.45, 2.75) is 32.1 Å². The fourth-order valence-electron chi connectivity index (χ4n) is 3.57. The lowest BCUT2D eigenvalue weighted by molar-refractivity contribution is -0.142. The Kier molecular flexibility index (Phi) is 3.29. The Morgan fingerprint density at radius 1 is 1.26 bits per heavy atom. The predicted octanol–water partition coefficient (Wildman–Crippen LogP) is 3.35. The van der Waals surface area contributed by atoms with E-state index in [1.807, 2.05) is 31.2 Å². The average molecular weight is 314 g/mol. The number of carboxylic acids is 1. The van der Waals surface area contributed by atoms with Gasteiger partial charge in [0.05, 0.1) is 11.8 Å². The van der Waals surface area contributed by atoms with Crippen molar-refractivity contribution in [2.24, 2.45) is 5.92 Å². The number of hydrogen-bond donors (Lipinski definition) is 1. The zero-order chi connectivity index (χ0) is 16.0. The monoisotopic (exact) mass is 314 g/mol. The minimum absolute atomic E-state index is 0.214. The summed E-state index contributed by atoms with van der Waals surface area (Å²) in [5.74, 6) is 1.45. The second-order valence-electron chi connectivity index (χ2n) is 6.02. The number of ether oxygens (including phenoxy) is 2. The molecule has 5 heteroatoms. The molecule has 1 aliphatic carbocycles. The molecule has 0 bridgehead atoms. The minimum atomic E-state index is -0.784. The van der Waals surface area contributed by atoms with Crippen molar-refractivity contribution in [3.63, 3.8) is 0 Å². The number of furan rings is 1. The molecule has 0 saturated heterocycles. The van der Waals surface area contributed by atoms with Crippen LogP contribution in [0.25, 0.3) is 0 Å². The topological polar surface area (TPSA) is 68.9 Å². The standard InChI is InChI=1S/C18H18O5/c1-2-11-4-6-14(23-11)17-12(18(19)20)5-3-10-7-15-16(8-13(10)17)22-9-21-15/h4,6-8,12,17H,2-3,5,9H2,1H3,(H,19,20)/t12-,17+/m0/s1. The van der Waals surface area contributed by atoms with Gasteiger partial charge in [0.1, 0.15) is 11.5 Å². The molecule has 0 fully saturated rings. The summed E-state index contributed by atoms with van der Waals surface area (Å²) in [4.78, 5) is 11.8. The molecule has 4 rings (SSSR count). The summed E-state index contributed by atoms with van der Waals surface area (Å²) < 4.78 is 16.8. The van der Waals surface area contributed by atoms with Gasteiger partial charge in [-0.3, -0.25) is 4.79 Å². The van der Waals surface area contributed by atoms with E-state index in [-0.39, 0.29) is 12.7 Å². The van der Waals surface area contributed by atoms with E-state index in [1.165, 1.54) is 0 Å². The molecule has 2 aliphatic rings. The van der Waals surface area contributed by atoms with E-state index >= 15 is 0 Å². The smallest absolute Gasteiger partial charge is 0.307 e. The van der Waals surface area contributed by atoms with Gasteiger partial charge in [0, 0.05) is 6.42 Å². The molecule has 2 heterocycles. The number of benzene rings is 1. The molecule has 120 valence electrons. The Hall–Kier alpha value is -2.43. The van der Waals surface area contributed by atoms with Crippen LogP contribution < -0.4 is 9.47 Å². The van der Waals surface area contributed by atoms with Crippen molar-refractivity contribution in [3.05, 3.63) is 46.9 Å². The molecule has 5 nitrogen and oxygen atoms in total. The number of aliphatic carboxylic acids is 1. The number of carboxylic acid groups (broad SMARTS) is 1. The normalized spacial score (nSPS) is 22.0. The maximum absolute atomic E-state index is 11.8. The molecule has 0 amide bonds. The summed E-state index contributed by atoms with van der Waals surface area (Å²) in [5, 5.41) is 9.66. The molecular formula is C18H18O5. The van der Waals surface area contributed by atoms with Gasteiger partial charge in [-0.2, -0.15) is 0 Å². The molecule has 1 aromatic heterocycles.